The summed E-state index contributed by atoms with van der Waals surface area (Å²) in [6.45, 7) is 8.88. The molecule has 0 radical (unpaired) electrons. The van der Waals surface area contributed by atoms with Crippen molar-refractivity contribution in [1.82, 2.24) is 25.1 Å². The molecule has 17 heavy (non-hydrogen) atoms. The zero-order valence-corrected chi connectivity index (χ0v) is 11.3. The Bertz CT molecular complexity index is 330. The maximum atomic E-state index is 5.90. The van der Waals surface area contributed by atoms with Gasteiger partial charge in [0.1, 0.15) is 0 Å². The van der Waals surface area contributed by atoms with Crippen molar-refractivity contribution in [3.05, 3.63) is 5.82 Å². The Morgan fingerprint density at radius 2 is 2.12 bits per heavy atom. The van der Waals surface area contributed by atoms with E-state index in [0.29, 0.717) is 13.1 Å². The van der Waals surface area contributed by atoms with E-state index < -0.39 is 0 Å². The van der Waals surface area contributed by atoms with E-state index >= 15 is 0 Å². The van der Waals surface area contributed by atoms with E-state index in [9.17, 15) is 0 Å². The molecule has 0 bridgehead atoms. The smallest absolute Gasteiger partial charge is 0.188 e. The fraction of sp³-hybridized carbons (Fsp3) is 0.909. The van der Waals surface area contributed by atoms with Crippen molar-refractivity contribution in [2.24, 2.45) is 12.8 Å². The number of hydrogen-bond donors (Lipinski definition) is 1. The summed E-state index contributed by atoms with van der Waals surface area (Å²) in [7, 11) is 1.78. The van der Waals surface area contributed by atoms with Gasteiger partial charge in [-0.1, -0.05) is 13.8 Å². The first-order valence-corrected chi connectivity index (χ1v) is 6.23. The Balaban J connectivity index is 2.78. The zero-order valence-electron chi connectivity index (χ0n) is 11.3. The number of nitrogens with zero attached hydrogens (tertiary/aromatic N) is 5. The van der Waals surface area contributed by atoms with E-state index in [-0.39, 0.29) is 5.54 Å². The highest BCUT2D eigenvalue weighted by atomic mass is 15.6. The molecule has 2 N–H and O–H groups in total. The molecular formula is C11H24N6. The minimum Gasteiger partial charge on any atom is -0.329 e. The lowest BCUT2D eigenvalue weighted by molar-refractivity contribution is 0.0941. The van der Waals surface area contributed by atoms with Crippen molar-refractivity contribution < 1.29 is 0 Å². The minimum atomic E-state index is 0.00914. The first kappa shape index (κ1) is 14.1. The highest BCUT2D eigenvalue weighted by Crippen LogP contribution is 2.20. The molecule has 0 aliphatic rings. The predicted molar refractivity (Wildman–Crippen MR) is 67.2 cm³/mol. The van der Waals surface area contributed by atoms with Crippen molar-refractivity contribution in [3.63, 3.8) is 0 Å². The summed E-state index contributed by atoms with van der Waals surface area (Å²) in [6, 6.07) is 0. The molecule has 1 rings (SSSR count). The third kappa shape index (κ3) is 3.47. The van der Waals surface area contributed by atoms with Gasteiger partial charge in [0.2, 0.25) is 0 Å². The van der Waals surface area contributed by atoms with E-state index in [4.69, 9.17) is 5.73 Å². The highest BCUT2D eigenvalue weighted by Gasteiger charge is 2.28. The van der Waals surface area contributed by atoms with Gasteiger partial charge in [-0.25, -0.2) is 0 Å². The van der Waals surface area contributed by atoms with Crippen LogP contribution in [0.15, 0.2) is 0 Å². The predicted octanol–water partition coefficient (Wildman–Crippen LogP) is 0.550. The van der Waals surface area contributed by atoms with E-state index in [0.717, 1.165) is 25.2 Å². The number of aryl methyl sites for hydroxylation is 1. The summed E-state index contributed by atoms with van der Waals surface area (Å²) in [5.41, 5.74) is 5.91. The van der Waals surface area contributed by atoms with Gasteiger partial charge in [0.15, 0.2) is 5.82 Å². The first-order valence-electron chi connectivity index (χ1n) is 6.23. The van der Waals surface area contributed by atoms with Gasteiger partial charge < -0.3 is 5.73 Å². The number of rotatable bonds is 7. The second-order valence-corrected chi connectivity index (χ2v) is 4.67. The molecule has 1 aromatic heterocycles. The van der Waals surface area contributed by atoms with Gasteiger partial charge in [0, 0.05) is 12.1 Å². The van der Waals surface area contributed by atoms with Gasteiger partial charge in [-0.05, 0) is 31.5 Å². The lowest BCUT2D eigenvalue weighted by Gasteiger charge is -2.39. The molecule has 0 amide bonds. The maximum Gasteiger partial charge on any atom is 0.188 e. The molecule has 0 saturated heterocycles. The molecule has 0 spiro atoms. The summed E-state index contributed by atoms with van der Waals surface area (Å²) < 4.78 is 0. The van der Waals surface area contributed by atoms with Gasteiger partial charge in [0.05, 0.1) is 13.6 Å². The molecule has 0 fully saturated rings. The van der Waals surface area contributed by atoms with Crippen LogP contribution in [0, 0.1) is 0 Å². The fourth-order valence-electron chi connectivity index (χ4n) is 1.86. The molecule has 6 heteroatoms. The molecule has 0 aromatic carbocycles. The molecule has 0 saturated carbocycles. The van der Waals surface area contributed by atoms with Crippen molar-refractivity contribution in [3.8, 4) is 0 Å². The van der Waals surface area contributed by atoms with Crippen LogP contribution in [-0.4, -0.2) is 43.7 Å². The summed E-state index contributed by atoms with van der Waals surface area (Å²) in [6.07, 6.45) is 2.11. The maximum absolute atomic E-state index is 5.90. The average Bonchev–Trinajstić information content (AvgIpc) is 2.73. The van der Waals surface area contributed by atoms with Crippen LogP contribution in [-0.2, 0) is 13.6 Å². The fourth-order valence-corrected chi connectivity index (χ4v) is 1.86. The second-order valence-electron chi connectivity index (χ2n) is 4.67. The van der Waals surface area contributed by atoms with Crippen LogP contribution in [0.4, 0.5) is 0 Å². The molecule has 0 aliphatic carbocycles. The minimum absolute atomic E-state index is 0.00914. The highest BCUT2D eigenvalue weighted by molar-refractivity contribution is 4.89. The SMILES string of the molecule is CCCN(Cc1nnn(C)n1)C(C)(CC)CN. The Morgan fingerprint density at radius 3 is 2.53 bits per heavy atom. The number of nitrogens with two attached hydrogens (primary N) is 1. The molecule has 1 atom stereocenters. The van der Waals surface area contributed by atoms with E-state index in [2.05, 4.69) is 41.1 Å². The molecule has 1 aromatic rings. The third-order valence-corrected chi connectivity index (χ3v) is 3.34. The van der Waals surface area contributed by atoms with Crippen LogP contribution in [0.25, 0.3) is 0 Å². The third-order valence-electron chi connectivity index (χ3n) is 3.34. The van der Waals surface area contributed by atoms with Gasteiger partial charge >= 0.3 is 0 Å². The number of aromatic nitrogens is 4. The van der Waals surface area contributed by atoms with Gasteiger partial charge in [-0.15, -0.1) is 10.2 Å². The van der Waals surface area contributed by atoms with Crippen LogP contribution >= 0.6 is 0 Å². The summed E-state index contributed by atoms with van der Waals surface area (Å²) >= 11 is 0. The Hall–Kier alpha value is -1.01. The van der Waals surface area contributed by atoms with Crippen molar-refractivity contribution in [1.29, 1.82) is 0 Å². The molecular weight excluding hydrogens is 216 g/mol. The van der Waals surface area contributed by atoms with Crippen LogP contribution < -0.4 is 5.73 Å². The molecule has 1 heterocycles. The second kappa shape index (κ2) is 6.07. The Labute approximate surface area is 103 Å². The van der Waals surface area contributed by atoms with Crippen LogP contribution in [0.2, 0.25) is 0 Å². The largest absolute Gasteiger partial charge is 0.329 e. The van der Waals surface area contributed by atoms with E-state index in [1.165, 1.54) is 4.80 Å². The number of tetrazole rings is 1. The van der Waals surface area contributed by atoms with E-state index in [1.807, 2.05) is 0 Å². The van der Waals surface area contributed by atoms with Gasteiger partial charge in [-0.3, -0.25) is 4.90 Å². The monoisotopic (exact) mass is 240 g/mol. The molecule has 98 valence electrons. The molecule has 1 unspecified atom stereocenters. The van der Waals surface area contributed by atoms with Crippen LogP contribution in [0.1, 0.15) is 39.4 Å². The van der Waals surface area contributed by atoms with Crippen molar-refractivity contribution >= 4 is 0 Å². The quantitative estimate of drug-likeness (QED) is 0.753. The standard InChI is InChI=1S/C11H24N6/c1-5-7-17(11(3,6-2)9-12)8-10-13-15-16(4)14-10/h5-9,12H2,1-4H3. The molecule has 0 aliphatic heterocycles. The van der Waals surface area contributed by atoms with Gasteiger partial charge in [0.25, 0.3) is 0 Å². The van der Waals surface area contributed by atoms with Crippen LogP contribution in [0.3, 0.4) is 0 Å². The van der Waals surface area contributed by atoms with E-state index in [1.54, 1.807) is 7.05 Å². The van der Waals surface area contributed by atoms with Crippen LogP contribution in [0.5, 0.6) is 0 Å². The lowest BCUT2D eigenvalue weighted by Crippen LogP contribution is -2.51. The molecule has 6 nitrogen and oxygen atoms in total. The first-order chi connectivity index (χ1) is 8.05. The van der Waals surface area contributed by atoms with Crippen molar-refractivity contribution in [2.45, 2.75) is 45.7 Å². The Kier molecular flexibility index (Phi) is 5.02. The lowest BCUT2D eigenvalue weighted by atomic mass is 9.96. The van der Waals surface area contributed by atoms with Gasteiger partial charge in [-0.2, -0.15) is 4.80 Å². The summed E-state index contributed by atoms with van der Waals surface area (Å²) in [5.74, 6) is 0.758. The Morgan fingerprint density at radius 1 is 1.41 bits per heavy atom. The zero-order chi connectivity index (χ0) is 12.9. The van der Waals surface area contributed by atoms with Crippen molar-refractivity contribution in [2.75, 3.05) is 13.1 Å². The number of hydrogen-bond acceptors (Lipinski definition) is 5. The summed E-state index contributed by atoms with van der Waals surface area (Å²) in [5, 5.41) is 12.1. The summed E-state index contributed by atoms with van der Waals surface area (Å²) in [4.78, 5) is 3.84. The topological polar surface area (TPSA) is 72.9 Å². The normalized spacial score (nSPS) is 15.2. The average molecular weight is 240 g/mol.